The Balaban J connectivity index is 0.000000239. The second-order valence-corrected chi connectivity index (χ2v) is 30.2. The maximum atomic E-state index is 15.1. The fourth-order valence-electron chi connectivity index (χ4n) is 13.9. The molecule has 0 bridgehead atoms. The van der Waals surface area contributed by atoms with Crippen molar-refractivity contribution in [3.05, 3.63) is 127 Å². The maximum absolute atomic E-state index is 15.1. The molecule has 0 radical (unpaired) electrons. The van der Waals surface area contributed by atoms with E-state index < -0.39 is 46.7 Å². The zero-order valence-electron chi connectivity index (χ0n) is 59.0. The third-order valence-corrected chi connectivity index (χ3v) is 19.7. The fraction of sp³-hybridized carbons (Fsp3) is 0.603. The Hall–Kier alpha value is -6.15. The predicted octanol–water partition coefficient (Wildman–Crippen LogP) is 15.1. The van der Waals surface area contributed by atoms with Crippen LogP contribution in [0, 0.1) is 49.0 Å². The highest BCUT2D eigenvalue weighted by Gasteiger charge is 2.43. The highest BCUT2D eigenvalue weighted by molar-refractivity contribution is 6.32. The van der Waals surface area contributed by atoms with Crippen LogP contribution in [0.4, 0.5) is 33.7 Å². The molecule has 0 aromatic heterocycles. The van der Waals surface area contributed by atoms with Gasteiger partial charge < -0.3 is 39.2 Å². The summed E-state index contributed by atoms with van der Waals surface area (Å²) >= 11 is 13.1. The Morgan fingerprint density at radius 1 is 0.532 bits per heavy atom. The number of halogens is 6. The van der Waals surface area contributed by atoms with Gasteiger partial charge in [-0.25, -0.2) is 22.4 Å². The molecule has 15 nitrogen and oxygen atoms in total. The van der Waals surface area contributed by atoms with Crippen LogP contribution in [0.25, 0.3) is 0 Å². The first kappa shape index (κ1) is 76.9. The molecular weight excluding hydrogens is 1250 g/mol. The van der Waals surface area contributed by atoms with Gasteiger partial charge in [0.15, 0.2) is 0 Å². The van der Waals surface area contributed by atoms with Gasteiger partial charge in [-0.2, -0.15) is 0 Å². The zero-order valence-corrected chi connectivity index (χ0v) is 60.5. The number of aryl methyl sites for hydroxylation is 2. The van der Waals surface area contributed by atoms with E-state index >= 15 is 4.39 Å². The molecule has 520 valence electrons. The van der Waals surface area contributed by atoms with Crippen molar-refractivity contribution in [2.24, 2.45) is 11.8 Å². The summed E-state index contributed by atoms with van der Waals surface area (Å²) in [5.41, 5.74) is 5.99. The lowest BCUT2D eigenvalue weighted by Crippen LogP contribution is -2.55. The first-order chi connectivity index (χ1) is 43.6. The molecule has 4 aliphatic rings. The van der Waals surface area contributed by atoms with Crippen LogP contribution in [0.5, 0.6) is 0 Å². The molecule has 0 aliphatic carbocycles. The van der Waals surface area contributed by atoms with Gasteiger partial charge in [0.05, 0.1) is 18.0 Å². The number of anilines is 2. The number of ether oxygens (including phenoxy) is 1. The van der Waals surface area contributed by atoms with E-state index in [4.69, 9.17) is 27.9 Å². The summed E-state index contributed by atoms with van der Waals surface area (Å²) in [5, 5.41) is 10.8. The Labute approximate surface area is 567 Å². The van der Waals surface area contributed by atoms with Crippen LogP contribution >= 0.6 is 23.2 Å². The van der Waals surface area contributed by atoms with Crippen molar-refractivity contribution >= 4 is 64.4 Å². The normalized spacial score (nSPS) is 20.0. The van der Waals surface area contributed by atoms with E-state index in [1.165, 1.54) is 24.3 Å². The minimum Gasteiger partial charge on any atom is -0.481 e. The van der Waals surface area contributed by atoms with Gasteiger partial charge in [0, 0.05) is 154 Å². The summed E-state index contributed by atoms with van der Waals surface area (Å²) in [5.74, 6) is -5.20. The molecule has 1 unspecified atom stereocenters. The predicted molar refractivity (Wildman–Crippen MR) is 368 cm³/mol. The van der Waals surface area contributed by atoms with E-state index in [0.29, 0.717) is 100 Å². The molecule has 21 heteroatoms. The number of aliphatic carboxylic acids is 1. The summed E-state index contributed by atoms with van der Waals surface area (Å²) < 4.78 is 61.5. The van der Waals surface area contributed by atoms with Crippen LogP contribution in [0.1, 0.15) is 188 Å². The van der Waals surface area contributed by atoms with Crippen LogP contribution in [0.3, 0.4) is 0 Å². The van der Waals surface area contributed by atoms with Crippen molar-refractivity contribution in [3.63, 3.8) is 0 Å². The molecule has 4 fully saturated rings. The first-order valence-corrected chi connectivity index (χ1v) is 33.9. The second-order valence-electron chi connectivity index (χ2n) is 29.4. The molecule has 0 saturated carbocycles. The van der Waals surface area contributed by atoms with Crippen molar-refractivity contribution < 1.29 is 51.4 Å². The quantitative estimate of drug-likeness (QED) is 0.136. The molecule has 0 spiro atoms. The SMILES string of the molecule is CC(=O)N(C(C)C)[C@@H](C)c1cc(C)c(Cl)cc1N1CCN(C(=O)C2CCN(C(C)(C)C)C[C@H]2c2ccc(F)cc2F)CC1.CC(=O)N(C(C)C)[C@@H](C)c1cc(C)c(Cl)cc1N1CCN(C(=O)OC(C)(C)C)CC1.CC(C)(C)N1CC[C@@H](C(=O)O)[C@H](c2ccc(F)cc2F)C1. The Morgan fingerprint density at radius 2 is 0.894 bits per heavy atom. The van der Waals surface area contributed by atoms with E-state index in [9.17, 15) is 42.3 Å². The topological polar surface area (TPSA) is 141 Å². The number of piperidine rings is 2. The second kappa shape index (κ2) is 31.8. The number of rotatable bonds is 12. The molecule has 4 aliphatic heterocycles. The number of carboxylic acids is 1. The van der Waals surface area contributed by atoms with Gasteiger partial charge in [0.1, 0.15) is 28.9 Å². The smallest absolute Gasteiger partial charge is 0.410 e. The van der Waals surface area contributed by atoms with Crippen molar-refractivity contribution in [2.45, 2.75) is 197 Å². The number of nitrogens with zero attached hydrogens (tertiary/aromatic N) is 8. The number of likely N-dealkylation sites (tertiary alicyclic amines) is 2. The molecule has 4 aromatic rings. The van der Waals surface area contributed by atoms with Gasteiger partial charge in [-0.1, -0.05) is 47.5 Å². The summed E-state index contributed by atoms with van der Waals surface area (Å²) in [6.45, 7) is 44.7. The Kier molecular flexibility index (Phi) is 26.0. The first-order valence-electron chi connectivity index (χ1n) is 33.2. The van der Waals surface area contributed by atoms with Gasteiger partial charge in [-0.05, 0) is 201 Å². The van der Waals surface area contributed by atoms with Gasteiger partial charge in [-0.15, -0.1) is 0 Å². The highest BCUT2D eigenvalue weighted by atomic mass is 35.5. The van der Waals surface area contributed by atoms with Crippen LogP contribution in [-0.2, 0) is 23.9 Å². The third kappa shape index (κ3) is 19.3. The number of carbonyl (C=O) groups is 5. The van der Waals surface area contributed by atoms with Gasteiger partial charge >= 0.3 is 12.1 Å². The van der Waals surface area contributed by atoms with E-state index in [1.54, 1.807) is 18.7 Å². The van der Waals surface area contributed by atoms with E-state index in [2.05, 4.69) is 59.4 Å². The molecule has 4 saturated heterocycles. The van der Waals surface area contributed by atoms with Crippen LogP contribution in [0.15, 0.2) is 60.7 Å². The van der Waals surface area contributed by atoms with Crippen LogP contribution < -0.4 is 9.80 Å². The molecular formula is C73H104Cl2F4N8O7. The average Bonchev–Trinajstić information content (AvgIpc) is 0.800. The number of amides is 4. The number of carboxylic acid groups (broad SMARTS) is 1. The molecule has 94 heavy (non-hydrogen) atoms. The summed E-state index contributed by atoms with van der Waals surface area (Å²) in [6.07, 6.45) is 0.803. The minimum absolute atomic E-state index is 0.0149. The Morgan fingerprint density at radius 3 is 1.22 bits per heavy atom. The highest BCUT2D eigenvalue weighted by Crippen LogP contribution is 2.42. The number of hydrogen-bond acceptors (Lipinski definition) is 10. The molecule has 1 N–H and O–H groups in total. The molecule has 4 amide bonds. The lowest BCUT2D eigenvalue weighted by molar-refractivity contribution is -0.145. The van der Waals surface area contributed by atoms with E-state index in [0.717, 1.165) is 52.3 Å². The molecule has 8 rings (SSSR count). The molecule has 6 atom stereocenters. The lowest BCUT2D eigenvalue weighted by atomic mass is 9.78. The monoisotopic (exact) mass is 1350 g/mol. The van der Waals surface area contributed by atoms with Crippen molar-refractivity contribution in [1.29, 1.82) is 0 Å². The van der Waals surface area contributed by atoms with Crippen LogP contribution in [-0.4, -0.2) is 172 Å². The zero-order chi connectivity index (χ0) is 70.4. The number of carbonyl (C=O) groups excluding carboxylic acids is 4. The van der Waals surface area contributed by atoms with E-state index in [1.807, 2.05) is 117 Å². The maximum Gasteiger partial charge on any atom is 0.410 e. The fourth-order valence-corrected chi connectivity index (χ4v) is 14.2. The summed E-state index contributed by atoms with van der Waals surface area (Å²) in [4.78, 5) is 79.1. The Bertz CT molecular complexity index is 3320. The minimum atomic E-state index is -0.919. The van der Waals surface area contributed by atoms with Crippen molar-refractivity contribution in [1.82, 2.24) is 29.4 Å². The van der Waals surface area contributed by atoms with Crippen LogP contribution in [0.2, 0.25) is 10.0 Å². The van der Waals surface area contributed by atoms with Gasteiger partial charge in [0.2, 0.25) is 17.7 Å². The lowest BCUT2D eigenvalue weighted by Gasteiger charge is -2.46. The standard InChI is InChI=1S/C34H47ClF2N4O2.C23H36ClN3O3.C16H21F2NO2/c1-21(2)41(24(5)42)23(4)28-17-22(3)30(35)19-32(28)38-13-15-39(16-14-38)33(43)27-11-12-40(34(6,7)8)20-29(27)26-10-9-25(36)18-31(26)37;1-15(2)27(18(5)28)17(4)19-13-16(3)20(24)14-21(19)25-9-11-26(12-10-25)22(29)30-23(6,7)8;1-16(2,3)19-7-6-12(15(20)21)13(9-19)11-5-4-10(17)8-14(11)18/h9-10,17-19,21,23,27,29H,11-16,20H2,1-8H3;13-15,17H,9-12H2,1-8H3;4-5,8,12-13H,6-7,9H2,1-3H3,(H,20,21)/t23-,27?,29-;17-;12-,13+/m001/s1. The van der Waals surface area contributed by atoms with Crippen molar-refractivity contribution in [2.75, 3.05) is 88.3 Å². The van der Waals surface area contributed by atoms with Gasteiger partial charge in [-0.3, -0.25) is 29.0 Å². The van der Waals surface area contributed by atoms with E-state index in [-0.39, 0.29) is 76.5 Å². The summed E-state index contributed by atoms with van der Waals surface area (Å²) in [7, 11) is 0. The number of benzene rings is 4. The summed E-state index contributed by atoms with van der Waals surface area (Å²) in [6, 6.07) is 15.1. The molecule has 4 aromatic carbocycles. The number of hydrogen-bond donors (Lipinski definition) is 1. The van der Waals surface area contributed by atoms with Gasteiger partial charge in [0.25, 0.3) is 0 Å². The third-order valence-electron chi connectivity index (χ3n) is 18.9. The molecule has 4 heterocycles. The number of piperazine rings is 2. The van der Waals surface area contributed by atoms with Crippen molar-refractivity contribution in [3.8, 4) is 0 Å². The average molecular weight is 1350 g/mol. The largest absolute Gasteiger partial charge is 0.481 e.